The first-order chi connectivity index (χ1) is 3.83. The third-order valence-corrected chi connectivity index (χ3v) is 1.99. The minimum Gasteiger partial charge on any atom is -0.286 e. The predicted molar refractivity (Wildman–Crippen MR) is 41.6 cm³/mol. The maximum absolute atomic E-state index is 3.26. The number of hydrogen-bond acceptors (Lipinski definition) is 3. The van der Waals surface area contributed by atoms with Crippen molar-refractivity contribution >= 4 is 22.6 Å². The molecule has 1 atom stereocenters. The molecule has 1 rings (SSSR count). The van der Waals surface area contributed by atoms with Crippen LogP contribution in [0.4, 0.5) is 0 Å². The highest BCUT2D eigenvalue weighted by molar-refractivity contribution is 14.1. The molecule has 1 heterocycles. The number of nitrogens with one attached hydrogen (secondary N) is 2. The van der Waals surface area contributed by atoms with Crippen LogP contribution in [0.3, 0.4) is 0 Å². The number of halogens is 1. The predicted octanol–water partition coefficient (Wildman–Crippen LogP) is -0.255. The molecular formula is C4H10IN3. The lowest BCUT2D eigenvalue weighted by Crippen LogP contribution is -2.35. The van der Waals surface area contributed by atoms with E-state index in [4.69, 9.17) is 0 Å². The van der Waals surface area contributed by atoms with Crippen LogP contribution < -0.4 is 10.7 Å². The molecule has 0 saturated carbocycles. The molecule has 2 N–H and O–H groups in total. The van der Waals surface area contributed by atoms with Crippen molar-refractivity contribution in [3.8, 4) is 0 Å². The standard InChI is InChI=1S/C4H10IN3/c1-8-3-6-4(2-5)7-8/h4,6-7H,2-3H2,1H3. The third kappa shape index (κ3) is 1.54. The summed E-state index contributed by atoms with van der Waals surface area (Å²) in [5, 5.41) is 5.31. The highest BCUT2D eigenvalue weighted by Crippen LogP contribution is 1.93. The first-order valence-electron chi connectivity index (χ1n) is 2.59. The molecule has 0 amide bonds. The number of hydrazine groups is 1. The van der Waals surface area contributed by atoms with Gasteiger partial charge in [0.1, 0.15) is 0 Å². The van der Waals surface area contributed by atoms with E-state index in [0.29, 0.717) is 6.17 Å². The van der Waals surface area contributed by atoms with Gasteiger partial charge in [-0.3, -0.25) is 5.32 Å². The largest absolute Gasteiger partial charge is 0.286 e. The SMILES string of the molecule is CN1CNC(CI)N1. The summed E-state index contributed by atoms with van der Waals surface area (Å²) in [6.45, 7) is 0.952. The zero-order valence-electron chi connectivity index (χ0n) is 4.82. The lowest BCUT2D eigenvalue weighted by Gasteiger charge is -2.07. The summed E-state index contributed by atoms with van der Waals surface area (Å²) in [5.41, 5.74) is 3.22. The molecule has 1 unspecified atom stereocenters. The number of alkyl halides is 1. The molecule has 3 nitrogen and oxygen atoms in total. The fraction of sp³-hybridized carbons (Fsp3) is 1.00. The van der Waals surface area contributed by atoms with Gasteiger partial charge in [-0.2, -0.15) is 0 Å². The van der Waals surface area contributed by atoms with E-state index in [1.165, 1.54) is 0 Å². The van der Waals surface area contributed by atoms with Crippen LogP contribution in [-0.2, 0) is 0 Å². The van der Waals surface area contributed by atoms with Gasteiger partial charge in [0.15, 0.2) is 0 Å². The molecule has 0 aromatic heterocycles. The lowest BCUT2D eigenvalue weighted by molar-refractivity contribution is 0.298. The summed E-state index contributed by atoms with van der Waals surface area (Å²) in [7, 11) is 2.03. The van der Waals surface area contributed by atoms with Gasteiger partial charge in [-0.15, -0.1) is 0 Å². The maximum Gasteiger partial charge on any atom is 0.0807 e. The number of hydrogen-bond donors (Lipinski definition) is 2. The molecule has 1 saturated heterocycles. The van der Waals surface area contributed by atoms with Gasteiger partial charge in [-0.25, -0.2) is 10.4 Å². The van der Waals surface area contributed by atoms with Crippen molar-refractivity contribution in [3.05, 3.63) is 0 Å². The van der Waals surface area contributed by atoms with E-state index in [1.54, 1.807) is 0 Å². The highest BCUT2D eigenvalue weighted by atomic mass is 127. The molecule has 1 fully saturated rings. The number of rotatable bonds is 1. The second-order valence-electron chi connectivity index (χ2n) is 1.90. The molecule has 8 heavy (non-hydrogen) atoms. The van der Waals surface area contributed by atoms with E-state index < -0.39 is 0 Å². The molecule has 48 valence electrons. The molecule has 0 bridgehead atoms. The summed E-state index contributed by atoms with van der Waals surface area (Å²) in [6, 6.07) is 0. The van der Waals surface area contributed by atoms with Crippen LogP contribution in [0.2, 0.25) is 0 Å². The van der Waals surface area contributed by atoms with Crippen molar-refractivity contribution in [2.45, 2.75) is 6.17 Å². The Balaban J connectivity index is 2.22. The molecular weight excluding hydrogens is 217 g/mol. The Labute approximate surface area is 62.9 Å². The van der Waals surface area contributed by atoms with Crippen LogP contribution in [0.1, 0.15) is 0 Å². The molecule has 1 aliphatic rings. The molecule has 0 aliphatic carbocycles. The Bertz CT molecular complexity index is 77.7. The summed E-state index contributed by atoms with van der Waals surface area (Å²) in [5.74, 6) is 0. The topological polar surface area (TPSA) is 27.3 Å². The monoisotopic (exact) mass is 227 g/mol. The Morgan fingerprint density at radius 3 is 2.88 bits per heavy atom. The van der Waals surface area contributed by atoms with Crippen molar-refractivity contribution < 1.29 is 0 Å². The summed E-state index contributed by atoms with van der Waals surface area (Å²) in [6.07, 6.45) is 0.487. The zero-order chi connectivity index (χ0) is 5.98. The minimum atomic E-state index is 0.487. The maximum atomic E-state index is 3.26. The Morgan fingerprint density at radius 1 is 1.88 bits per heavy atom. The van der Waals surface area contributed by atoms with E-state index in [-0.39, 0.29) is 0 Å². The fourth-order valence-corrected chi connectivity index (χ4v) is 1.20. The van der Waals surface area contributed by atoms with E-state index in [0.717, 1.165) is 11.1 Å². The van der Waals surface area contributed by atoms with Gasteiger partial charge in [0.2, 0.25) is 0 Å². The molecule has 4 heteroatoms. The van der Waals surface area contributed by atoms with Crippen molar-refractivity contribution in [2.75, 3.05) is 18.1 Å². The quantitative estimate of drug-likeness (QED) is 0.477. The minimum absolute atomic E-state index is 0.487. The fourth-order valence-electron chi connectivity index (χ4n) is 0.693. The van der Waals surface area contributed by atoms with Crippen LogP contribution in [0.15, 0.2) is 0 Å². The normalized spacial score (nSPS) is 31.5. The van der Waals surface area contributed by atoms with Crippen LogP contribution in [0.25, 0.3) is 0 Å². The lowest BCUT2D eigenvalue weighted by atomic mass is 10.6. The van der Waals surface area contributed by atoms with Crippen LogP contribution in [0.5, 0.6) is 0 Å². The smallest absolute Gasteiger partial charge is 0.0807 e. The Hall–Kier alpha value is 0.610. The van der Waals surface area contributed by atoms with Gasteiger partial charge in [0, 0.05) is 11.5 Å². The summed E-state index contributed by atoms with van der Waals surface area (Å²) >= 11 is 2.35. The molecule has 0 aromatic rings. The summed E-state index contributed by atoms with van der Waals surface area (Å²) < 4.78 is 1.11. The van der Waals surface area contributed by atoms with Crippen molar-refractivity contribution in [3.63, 3.8) is 0 Å². The van der Waals surface area contributed by atoms with Crippen LogP contribution in [0, 0.1) is 0 Å². The molecule has 0 radical (unpaired) electrons. The van der Waals surface area contributed by atoms with Crippen LogP contribution >= 0.6 is 22.6 Å². The Kier molecular flexibility index (Phi) is 2.48. The van der Waals surface area contributed by atoms with Gasteiger partial charge in [0.05, 0.1) is 12.8 Å². The van der Waals surface area contributed by atoms with Gasteiger partial charge in [-0.1, -0.05) is 22.6 Å². The highest BCUT2D eigenvalue weighted by Gasteiger charge is 2.14. The first-order valence-corrected chi connectivity index (χ1v) is 4.12. The van der Waals surface area contributed by atoms with Crippen molar-refractivity contribution in [1.82, 2.24) is 15.8 Å². The van der Waals surface area contributed by atoms with Gasteiger partial charge in [0.25, 0.3) is 0 Å². The average molecular weight is 227 g/mol. The zero-order valence-corrected chi connectivity index (χ0v) is 6.97. The van der Waals surface area contributed by atoms with E-state index in [9.17, 15) is 0 Å². The van der Waals surface area contributed by atoms with E-state index >= 15 is 0 Å². The molecule has 0 spiro atoms. The van der Waals surface area contributed by atoms with E-state index in [1.807, 2.05) is 12.1 Å². The second kappa shape index (κ2) is 2.95. The van der Waals surface area contributed by atoms with Crippen molar-refractivity contribution in [1.29, 1.82) is 0 Å². The van der Waals surface area contributed by atoms with Gasteiger partial charge < -0.3 is 0 Å². The van der Waals surface area contributed by atoms with Crippen molar-refractivity contribution in [2.24, 2.45) is 0 Å². The number of nitrogens with zero attached hydrogens (tertiary/aromatic N) is 1. The Morgan fingerprint density at radius 2 is 2.62 bits per heavy atom. The van der Waals surface area contributed by atoms with E-state index in [2.05, 4.69) is 33.3 Å². The van der Waals surface area contributed by atoms with Crippen LogP contribution in [-0.4, -0.2) is 29.3 Å². The third-order valence-electron chi connectivity index (χ3n) is 1.11. The first kappa shape index (κ1) is 6.73. The molecule has 0 aromatic carbocycles. The van der Waals surface area contributed by atoms with Gasteiger partial charge >= 0.3 is 0 Å². The molecule has 1 aliphatic heterocycles. The average Bonchev–Trinajstić information content (AvgIpc) is 2.14. The summed E-state index contributed by atoms with van der Waals surface area (Å²) in [4.78, 5) is 0. The van der Waals surface area contributed by atoms with Gasteiger partial charge in [-0.05, 0) is 0 Å². The second-order valence-corrected chi connectivity index (χ2v) is 2.78.